The molecule has 150 valence electrons. The first-order valence-electron chi connectivity index (χ1n) is 9.37. The van der Waals surface area contributed by atoms with E-state index in [1.807, 2.05) is 36.4 Å². The van der Waals surface area contributed by atoms with E-state index in [4.69, 9.17) is 4.74 Å². The fourth-order valence-electron chi connectivity index (χ4n) is 2.86. The molecule has 0 aliphatic rings. The van der Waals surface area contributed by atoms with Crippen molar-refractivity contribution in [2.45, 2.75) is 19.8 Å². The van der Waals surface area contributed by atoms with Gasteiger partial charge in [0.2, 0.25) is 0 Å². The highest BCUT2D eigenvalue weighted by molar-refractivity contribution is 14.0. The molecule has 0 unspecified atom stereocenters. The predicted molar refractivity (Wildman–Crippen MR) is 126 cm³/mol. The quantitative estimate of drug-likeness (QED) is 0.255. The van der Waals surface area contributed by atoms with Crippen molar-refractivity contribution in [3.63, 3.8) is 0 Å². The molecule has 2 aromatic carbocycles. The number of para-hydroxylation sites is 2. The summed E-state index contributed by atoms with van der Waals surface area (Å²) in [5, 5.41) is 6.68. The molecular formula is C21H28IN5O. The number of hydrogen-bond donors (Lipinski definition) is 3. The van der Waals surface area contributed by atoms with Crippen LogP contribution in [0.25, 0.3) is 11.0 Å². The number of rotatable bonds is 8. The number of ether oxygens (including phenoxy) is 1. The molecule has 0 aliphatic carbocycles. The summed E-state index contributed by atoms with van der Waals surface area (Å²) in [5.74, 6) is 2.68. The molecule has 0 saturated heterocycles. The van der Waals surface area contributed by atoms with Crippen LogP contribution in [0.3, 0.4) is 0 Å². The van der Waals surface area contributed by atoms with E-state index >= 15 is 0 Å². The smallest absolute Gasteiger partial charge is 0.191 e. The fourth-order valence-corrected chi connectivity index (χ4v) is 2.86. The van der Waals surface area contributed by atoms with Gasteiger partial charge in [0.1, 0.15) is 11.6 Å². The molecule has 0 bridgehead atoms. The number of aromatic amines is 1. The van der Waals surface area contributed by atoms with Crippen LogP contribution in [0.1, 0.15) is 18.3 Å². The van der Waals surface area contributed by atoms with E-state index in [0.29, 0.717) is 6.54 Å². The highest BCUT2D eigenvalue weighted by Crippen LogP contribution is 2.11. The lowest BCUT2D eigenvalue weighted by molar-refractivity contribution is 0.414. The van der Waals surface area contributed by atoms with E-state index in [1.54, 1.807) is 7.11 Å². The summed E-state index contributed by atoms with van der Waals surface area (Å²) < 4.78 is 5.19. The summed E-state index contributed by atoms with van der Waals surface area (Å²) in [7, 11) is 1.68. The Kier molecular flexibility index (Phi) is 9.06. The van der Waals surface area contributed by atoms with E-state index in [-0.39, 0.29) is 24.0 Å². The van der Waals surface area contributed by atoms with Gasteiger partial charge in [-0.15, -0.1) is 24.0 Å². The average Bonchev–Trinajstić information content (AvgIpc) is 3.11. The number of hydrogen-bond acceptors (Lipinski definition) is 3. The summed E-state index contributed by atoms with van der Waals surface area (Å²) in [6, 6.07) is 16.2. The number of halogens is 1. The van der Waals surface area contributed by atoms with Crippen molar-refractivity contribution in [1.29, 1.82) is 0 Å². The zero-order chi connectivity index (χ0) is 18.9. The fraction of sp³-hybridized carbons (Fsp3) is 0.333. The maximum atomic E-state index is 5.19. The molecule has 3 N–H and O–H groups in total. The van der Waals surface area contributed by atoms with E-state index in [2.05, 4.69) is 44.7 Å². The second-order valence-corrected chi connectivity index (χ2v) is 6.24. The van der Waals surface area contributed by atoms with Crippen molar-refractivity contribution in [3.05, 3.63) is 59.9 Å². The Balaban J connectivity index is 0.00000280. The van der Waals surface area contributed by atoms with Gasteiger partial charge in [-0.1, -0.05) is 24.3 Å². The van der Waals surface area contributed by atoms with Crippen molar-refractivity contribution in [2.24, 2.45) is 4.99 Å². The molecule has 0 aliphatic heterocycles. The number of methoxy groups -OCH3 is 1. The van der Waals surface area contributed by atoms with Gasteiger partial charge in [-0.05, 0) is 43.2 Å². The van der Waals surface area contributed by atoms with Crippen LogP contribution in [0.2, 0.25) is 0 Å². The SMILES string of the molecule is CCNC(=NCCc1nc2ccccc2[nH]1)NCCc1ccc(OC)cc1.I. The highest BCUT2D eigenvalue weighted by atomic mass is 127. The van der Waals surface area contributed by atoms with Crippen LogP contribution < -0.4 is 15.4 Å². The monoisotopic (exact) mass is 493 g/mol. The number of fused-ring (bicyclic) bond motifs is 1. The molecule has 0 fully saturated rings. The van der Waals surface area contributed by atoms with Crippen molar-refractivity contribution in [2.75, 3.05) is 26.7 Å². The number of benzene rings is 2. The van der Waals surface area contributed by atoms with Gasteiger partial charge in [-0.2, -0.15) is 0 Å². The van der Waals surface area contributed by atoms with Gasteiger partial charge in [0.05, 0.1) is 18.1 Å². The largest absolute Gasteiger partial charge is 0.497 e. The second kappa shape index (κ2) is 11.5. The van der Waals surface area contributed by atoms with E-state index in [1.165, 1.54) is 5.56 Å². The van der Waals surface area contributed by atoms with Gasteiger partial charge in [0.15, 0.2) is 5.96 Å². The molecule has 0 saturated carbocycles. The summed E-state index contributed by atoms with van der Waals surface area (Å²) in [6.07, 6.45) is 1.71. The minimum Gasteiger partial charge on any atom is -0.497 e. The van der Waals surface area contributed by atoms with Crippen LogP contribution in [0.15, 0.2) is 53.5 Å². The third-order valence-corrected chi connectivity index (χ3v) is 4.27. The molecule has 1 heterocycles. The van der Waals surface area contributed by atoms with Gasteiger partial charge in [-0.3, -0.25) is 4.99 Å². The first kappa shape index (κ1) is 22.0. The Morgan fingerprint density at radius 1 is 1.07 bits per heavy atom. The molecule has 1 aromatic heterocycles. The molecular weight excluding hydrogens is 465 g/mol. The summed E-state index contributed by atoms with van der Waals surface area (Å²) in [6.45, 7) is 4.40. The Morgan fingerprint density at radius 2 is 1.86 bits per heavy atom. The Bertz CT molecular complexity index is 843. The van der Waals surface area contributed by atoms with Gasteiger partial charge in [0.25, 0.3) is 0 Å². The Hall–Kier alpha value is -2.29. The first-order valence-corrected chi connectivity index (χ1v) is 9.37. The molecule has 3 aromatic rings. The van der Waals surface area contributed by atoms with Gasteiger partial charge >= 0.3 is 0 Å². The maximum absolute atomic E-state index is 5.19. The van der Waals surface area contributed by atoms with Crippen molar-refractivity contribution < 1.29 is 4.74 Å². The van der Waals surface area contributed by atoms with Crippen molar-refractivity contribution in [3.8, 4) is 5.75 Å². The first-order chi connectivity index (χ1) is 13.3. The number of imidazole rings is 1. The lowest BCUT2D eigenvalue weighted by atomic mass is 10.1. The molecule has 0 spiro atoms. The Labute approximate surface area is 183 Å². The standard InChI is InChI=1S/C21H27N5O.HI/c1-3-22-21(23-14-12-16-8-10-17(27-2)11-9-16)24-15-13-20-25-18-6-4-5-7-19(18)26-20;/h4-11H,3,12-15H2,1-2H3,(H,25,26)(H2,22,23,24);1H. The lowest BCUT2D eigenvalue weighted by Crippen LogP contribution is -2.38. The lowest BCUT2D eigenvalue weighted by Gasteiger charge is -2.11. The summed E-state index contributed by atoms with van der Waals surface area (Å²) in [5.41, 5.74) is 3.34. The van der Waals surface area contributed by atoms with Crippen LogP contribution in [0.5, 0.6) is 5.75 Å². The van der Waals surface area contributed by atoms with Crippen LogP contribution in [-0.4, -0.2) is 42.7 Å². The van der Waals surface area contributed by atoms with Crippen LogP contribution in [-0.2, 0) is 12.8 Å². The van der Waals surface area contributed by atoms with E-state index in [9.17, 15) is 0 Å². The molecule has 0 amide bonds. The molecule has 28 heavy (non-hydrogen) atoms. The van der Waals surface area contributed by atoms with Crippen LogP contribution >= 0.6 is 24.0 Å². The zero-order valence-electron chi connectivity index (χ0n) is 16.4. The Morgan fingerprint density at radius 3 is 2.57 bits per heavy atom. The minimum atomic E-state index is 0. The number of nitrogens with zero attached hydrogens (tertiary/aromatic N) is 2. The van der Waals surface area contributed by atoms with Crippen molar-refractivity contribution >= 4 is 41.0 Å². The van der Waals surface area contributed by atoms with Crippen molar-refractivity contribution in [1.82, 2.24) is 20.6 Å². The van der Waals surface area contributed by atoms with Gasteiger partial charge < -0.3 is 20.4 Å². The number of aliphatic imine (C=N–C) groups is 1. The summed E-state index contributed by atoms with van der Waals surface area (Å²) >= 11 is 0. The third-order valence-electron chi connectivity index (χ3n) is 4.27. The maximum Gasteiger partial charge on any atom is 0.191 e. The number of aromatic nitrogens is 2. The van der Waals surface area contributed by atoms with Gasteiger partial charge in [-0.25, -0.2) is 4.98 Å². The number of H-pyrrole nitrogens is 1. The molecule has 6 nitrogen and oxygen atoms in total. The predicted octanol–water partition coefficient (Wildman–Crippen LogP) is 3.53. The average molecular weight is 493 g/mol. The summed E-state index contributed by atoms with van der Waals surface area (Å²) in [4.78, 5) is 12.6. The zero-order valence-corrected chi connectivity index (χ0v) is 18.7. The molecule has 3 rings (SSSR count). The second-order valence-electron chi connectivity index (χ2n) is 6.24. The van der Waals surface area contributed by atoms with E-state index in [0.717, 1.165) is 54.5 Å². The minimum absolute atomic E-state index is 0. The highest BCUT2D eigenvalue weighted by Gasteiger charge is 2.02. The van der Waals surface area contributed by atoms with Gasteiger partial charge in [0, 0.05) is 26.1 Å². The number of nitrogens with one attached hydrogen (secondary N) is 3. The molecule has 7 heteroatoms. The van der Waals surface area contributed by atoms with Crippen LogP contribution in [0, 0.1) is 0 Å². The third kappa shape index (κ3) is 6.40. The topological polar surface area (TPSA) is 74.3 Å². The van der Waals surface area contributed by atoms with E-state index < -0.39 is 0 Å². The molecule has 0 radical (unpaired) electrons. The molecule has 0 atom stereocenters. The van der Waals surface area contributed by atoms with Crippen LogP contribution in [0.4, 0.5) is 0 Å². The number of guanidine groups is 1. The normalized spacial score (nSPS) is 11.1.